The second-order valence-corrected chi connectivity index (χ2v) is 8.00. The first-order chi connectivity index (χ1) is 14.5. The van der Waals surface area contributed by atoms with Crippen LogP contribution >= 0.6 is 0 Å². The average molecular weight is 405 g/mol. The van der Waals surface area contributed by atoms with Crippen molar-refractivity contribution in [1.29, 1.82) is 0 Å². The van der Waals surface area contributed by atoms with E-state index in [0.717, 1.165) is 54.6 Å². The monoisotopic (exact) mass is 404 g/mol. The van der Waals surface area contributed by atoms with Crippen LogP contribution in [0.1, 0.15) is 52.0 Å². The molecule has 1 aromatic heterocycles. The van der Waals surface area contributed by atoms with Crippen molar-refractivity contribution in [2.24, 2.45) is 5.73 Å². The van der Waals surface area contributed by atoms with Crippen molar-refractivity contribution < 1.29 is 9.59 Å². The average Bonchev–Trinajstić information content (AvgIpc) is 3.21. The first-order valence-corrected chi connectivity index (χ1v) is 10.5. The van der Waals surface area contributed by atoms with Gasteiger partial charge in [-0.3, -0.25) is 9.59 Å². The zero-order chi connectivity index (χ0) is 21.3. The summed E-state index contributed by atoms with van der Waals surface area (Å²) >= 11 is 0. The predicted octanol–water partition coefficient (Wildman–Crippen LogP) is 3.74. The van der Waals surface area contributed by atoms with Gasteiger partial charge in [0.1, 0.15) is 0 Å². The lowest BCUT2D eigenvalue weighted by atomic mass is 9.88. The summed E-state index contributed by atoms with van der Waals surface area (Å²) in [6, 6.07) is 13.4. The van der Waals surface area contributed by atoms with Gasteiger partial charge in [-0.2, -0.15) is 0 Å². The van der Waals surface area contributed by atoms with Crippen molar-refractivity contribution >= 4 is 28.4 Å². The summed E-state index contributed by atoms with van der Waals surface area (Å²) in [4.78, 5) is 31.9. The summed E-state index contributed by atoms with van der Waals surface area (Å²) in [6.45, 7) is 4.48. The lowest BCUT2D eigenvalue weighted by Crippen LogP contribution is -2.37. The number of aromatic nitrogens is 1. The van der Waals surface area contributed by atoms with Gasteiger partial charge in [0.05, 0.1) is 0 Å². The number of likely N-dealkylation sites (tertiary alicyclic amines) is 1. The number of aromatic amines is 1. The molecule has 0 aliphatic carbocycles. The molecule has 1 saturated heterocycles. The van der Waals surface area contributed by atoms with Gasteiger partial charge >= 0.3 is 0 Å². The SMILES string of the molecule is CCN(C)c1ccc(C(=O)N2CCC(c3c[nH]c4ccc(C(N)=O)cc34)CC2)cc1. The number of rotatable bonds is 5. The third-order valence-electron chi connectivity index (χ3n) is 6.25. The van der Waals surface area contributed by atoms with Crippen molar-refractivity contribution in [2.45, 2.75) is 25.7 Å². The molecule has 3 N–H and O–H groups in total. The zero-order valence-electron chi connectivity index (χ0n) is 17.5. The zero-order valence-corrected chi connectivity index (χ0v) is 17.5. The highest BCUT2D eigenvalue weighted by Crippen LogP contribution is 2.34. The Morgan fingerprint density at radius 1 is 1.10 bits per heavy atom. The molecule has 2 heterocycles. The van der Waals surface area contributed by atoms with Gasteiger partial charge < -0.3 is 20.5 Å². The van der Waals surface area contributed by atoms with Crippen LogP contribution in [-0.4, -0.2) is 48.4 Å². The molecule has 0 saturated carbocycles. The van der Waals surface area contributed by atoms with Gasteiger partial charge in [0, 0.05) is 60.6 Å². The fourth-order valence-electron chi connectivity index (χ4n) is 4.25. The summed E-state index contributed by atoms with van der Waals surface area (Å²) in [5.41, 5.74) is 10.0. The Balaban J connectivity index is 1.45. The molecule has 1 aliphatic heterocycles. The van der Waals surface area contributed by atoms with E-state index in [1.54, 1.807) is 6.07 Å². The molecular formula is C24H28N4O2. The Bertz CT molecular complexity index is 1060. The lowest BCUT2D eigenvalue weighted by molar-refractivity contribution is 0.0713. The van der Waals surface area contributed by atoms with E-state index in [9.17, 15) is 9.59 Å². The van der Waals surface area contributed by atoms with Crippen LogP contribution in [-0.2, 0) is 0 Å². The molecule has 0 bridgehead atoms. The molecule has 6 nitrogen and oxygen atoms in total. The maximum atomic E-state index is 12.9. The van der Waals surface area contributed by atoms with Crippen molar-refractivity contribution in [3.63, 3.8) is 0 Å². The minimum Gasteiger partial charge on any atom is -0.375 e. The Hall–Kier alpha value is -3.28. The molecule has 0 spiro atoms. The normalized spacial score (nSPS) is 14.8. The second kappa shape index (κ2) is 8.22. The van der Waals surface area contributed by atoms with Gasteiger partial charge in [0.25, 0.3) is 5.91 Å². The highest BCUT2D eigenvalue weighted by atomic mass is 16.2. The van der Waals surface area contributed by atoms with Gasteiger partial charge in [-0.05, 0) is 73.7 Å². The number of H-pyrrole nitrogens is 1. The van der Waals surface area contributed by atoms with Gasteiger partial charge in [-0.1, -0.05) is 0 Å². The highest BCUT2D eigenvalue weighted by Gasteiger charge is 2.26. The van der Waals surface area contributed by atoms with E-state index < -0.39 is 5.91 Å². The number of anilines is 1. The van der Waals surface area contributed by atoms with E-state index in [2.05, 4.69) is 16.8 Å². The molecular weight excluding hydrogens is 376 g/mol. The summed E-state index contributed by atoms with van der Waals surface area (Å²) < 4.78 is 0. The third-order valence-corrected chi connectivity index (χ3v) is 6.25. The predicted molar refractivity (Wildman–Crippen MR) is 120 cm³/mol. The molecule has 3 aromatic rings. The van der Waals surface area contributed by atoms with E-state index in [1.807, 2.05) is 54.5 Å². The van der Waals surface area contributed by atoms with Crippen LogP contribution in [0.5, 0.6) is 0 Å². The van der Waals surface area contributed by atoms with E-state index in [-0.39, 0.29) is 5.91 Å². The first-order valence-electron chi connectivity index (χ1n) is 10.5. The number of primary amides is 1. The summed E-state index contributed by atoms with van der Waals surface area (Å²) in [5, 5.41) is 1.05. The van der Waals surface area contributed by atoms with Gasteiger partial charge in [0.15, 0.2) is 0 Å². The number of benzene rings is 2. The van der Waals surface area contributed by atoms with Crippen LogP contribution in [0.25, 0.3) is 10.9 Å². The summed E-state index contributed by atoms with van der Waals surface area (Å²) in [7, 11) is 2.04. The Morgan fingerprint density at radius 3 is 2.40 bits per heavy atom. The Kier molecular flexibility index (Phi) is 5.48. The topological polar surface area (TPSA) is 82.4 Å². The van der Waals surface area contributed by atoms with Crippen LogP contribution in [0, 0.1) is 0 Å². The van der Waals surface area contributed by atoms with Crippen molar-refractivity contribution in [3.8, 4) is 0 Å². The molecule has 0 atom stereocenters. The number of fused-ring (bicyclic) bond motifs is 1. The van der Waals surface area contributed by atoms with Crippen LogP contribution in [0.15, 0.2) is 48.7 Å². The maximum absolute atomic E-state index is 12.9. The largest absolute Gasteiger partial charge is 0.375 e. The fraction of sp³-hybridized carbons (Fsp3) is 0.333. The van der Waals surface area contributed by atoms with Crippen LogP contribution in [0.3, 0.4) is 0 Å². The Labute approximate surface area is 176 Å². The smallest absolute Gasteiger partial charge is 0.253 e. The number of hydrogen-bond acceptors (Lipinski definition) is 3. The third kappa shape index (κ3) is 3.77. The minimum atomic E-state index is -0.416. The molecule has 30 heavy (non-hydrogen) atoms. The van der Waals surface area contributed by atoms with E-state index >= 15 is 0 Å². The molecule has 0 unspecified atom stereocenters. The van der Waals surface area contributed by atoms with Crippen LogP contribution in [0.2, 0.25) is 0 Å². The van der Waals surface area contributed by atoms with Crippen molar-refractivity contribution in [2.75, 3.05) is 31.6 Å². The van der Waals surface area contributed by atoms with Gasteiger partial charge in [-0.15, -0.1) is 0 Å². The number of nitrogens with one attached hydrogen (secondary N) is 1. The fourth-order valence-corrected chi connectivity index (χ4v) is 4.25. The summed E-state index contributed by atoms with van der Waals surface area (Å²) in [6.07, 6.45) is 3.83. The molecule has 1 fully saturated rings. The number of carbonyl (C=O) groups is 2. The van der Waals surface area contributed by atoms with Crippen LogP contribution in [0.4, 0.5) is 5.69 Å². The number of nitrogens with zero attached hydrogens (tertiary/aromatic N) is 2. The van der Waals surface area contributed by atoms with Gasteiger partial charge in [0.2, 0.25) is 5.91 Å². The Morgan fingerprint density at radius 2 is 1.77 bits per heavy atom. The standard InChI is InChI=1S/C24H28N4O2/c1-3-27(2)19-7-4-17(5-8-19)24(30)28-12-10-16(11-13-28)21-15-26-22-9-6-18(23(25)29)14-20(21)22/h4-9,14-16,26H,3,10-13H2,1-2H3,(H2,25,29). The number of hydrogen-bond donors (Lipinski definition) is 2. The summed E-state index contributed by atoms with van der Waals surface area (Å²) in [5.74, 6) is 0.0289. The molecule has 1 aliphatic rings. The number of carbonyl (C=O) groups excluding carboxylic acids is 2. The van der Waals surface area contributed by atoms with Crippen molar-refractivity contribution in [1.82, 2.24) is 9.88 Å². The molecule has 0 radical (unpaired) electrons. The van der Waals surface area contributed by atoms with Crippen molar-refractivity contribution in [3.05, 3.63) is 65.4 Å². The first kappa shape index (κ1) is 20.0. The second-order valence-electron chi connectivity index (χ2n) is 8.00. The molecule has 2 amide bonds. The number of nitrogens with two attached hydrogens (primary N) is 1. The lowest BCUT2D eigenvalue weighted by Gasteiger charge is -2.32. The highest BCUT2D eigenvalue weighted by molar-refractivity contribution is 5.98. The van der Waals surface area contributed by atoms with Crippen LogP contribution < -0.4 is 10.6 Å². The van der Waals surface area contributed by atoms with E-state index in [0.29, 0.717) is 11.5 Å². The number of piperidine rings is 1. The number of amides is 2. The molecule has 156 valence electrons. The molecule has 4 rings (SSSR count). The molecule has 2 aromatic carbocycles. The van der Waals surface area contributed by atoms with E-state index in [1.165, 1.54) is 5.56 Å². The van der Waals surface area contributed by atoms with Gasteiger partial charge in [-0.25, -0.2) is 0 Å². The minimum absolute atomic E-state index is 0.0918. The van der Waals surface area contributed by atoms with E-state index in [4.69, 9.17) is 5.73 Å². The quantitative estimate of drug-likeness (QED) is 0.680. The molecule has 6 heteroatoms. The maximum Gasteiger partial charge on any atom is 0.253 e.